The van der Waals surface area contributed by atoms with Crippen molar-refractivity contribution < 1.29 is 0 Å². The summed E-state index contributed by atoms with van der Waals surface area (Å²) in [7, 11) is 0. The van der Waals surface area contributed by atoms with Gasteiger partial charge in [0.05, 0.1) is 15.4 Å². The molecular formula is C22H32N4S2. The van der Waals surface area contributed by atoms with Crippen LogP contribution in [0.5, 0.6) is 0 Å². The predicted molar refractivity (Wildman–Crippen MR) is 125 cm³/mol. The minimum absolute atomic E-state index is 0.151. The van der Waals surface area contributed by atoms with Crippen LogP contribution in [-0.4, -0.2) is 4.98 Å². The van der Waals surface area contributed by atoms with E-state index in [1.54, 1.807) is 11.3 Å². The molecule has 1 heterocycles. The van der Waals surface area contributed by atoms with Gasteiger partial charge >= 0.3 is 0 Å². The fourth-order valence-electron chi connectivity index (χ4n) is 3.53. The molecule has 4 nitrogen and oxygen atoms in total. The third-order valence-electron chi connectivity index (χ3n) is 4.82. The topological polar surface area (TPSA) is 91.0 Å². The maximum absolute atomic E-state index is 6.22. The number of hydrogen-bond donors (Lipinski definition) is 3. The number of rotatable bonds is 1. The van der Waals surface area contributed by atoms with Gasteiger partial charge in [0.15, 0.2) is 0 Å². The molecule has 0 aliphatic heterocycles. The smallest absolute Gasteiger partial charge is 0.0990 e. The normalized spacial score (nSPS) is 14.4. The summed E-state index contributed by atoms with van der Waals surface area (Å²) in [5.74, 6) is 0. The van der Waals surface area contributed by atoms with Gasteiger partial charge in [-0.3, -0.25) is 5.14 Å². The van der Waals surface area contributed by atoms with Crippen molar-refractivity contribution >= 4 is 34.5 Å². The van der Waals surface area contributed by atoms with E-state index in [9.17, 15) is 0 Å². The van der Waals surface area contributed by atoms with Gasteiger partial charge in [0, 0.05) is 16.7 Å². The average Bonchev–Trinajstić information content (AvgIpc) is 3.35. The van der Waals surface area contributed by atoms with E-state index >= 15 is 0 Å². The molecule has 6 N–H and O–H groups in total. The summed E-state index contributed by atoms with van der Waals surface area (Å²) in [6, 6.07) is 2.37. The highest BCUT2D eigenvalue weighted by Gasteiger charge is 2.24. The van der Waals surface area contributed by atoms with Gasteiger partial charge in [-0.1, -0.05) is 40.0 Å². The van der Waals surface area contributed by atoms with Crippen molar-refractivity contribution in [1.82, 2.24) is 4.98 Å². The molecule has 1 aromatic heterocycles. The highest BCUT2D eigenvalue weighted by molar-refractivity contribution is 7.99. The minimum Gasteiger partial charge on any atom is -0.405 e. The van der Waals surface area contributed by atoms with Gasteiger partial charge in [0.1, 0.15) is 0 Å². The Labute approximate surface area is 177 Å². The fourth-order valence-corrected chi connectivity index (χ4v) is 4.78. The van der Waals surface area contributed by atoms with E-state index in [-0.39, 0.29) is 5.41 Å². The van der Waals surface area contributed by atoms with Crippen molar-refractivity contribution in [2.75, 3.05) is 5.73 Å². The molecule has 152 valence electrons. The van der Waals surface area contributed by atoms with Crippen LogP contribution in [-0.2, 0) is 24.7 Å². The number of aromatic nitrogens is 1. The Morgan fingerprint density at radius 2 is 1.86 bits per heavy atom. The summed E-state index contributed by atoms with van der Waals surface area (Å²) < 4.78 is 1.08. The van der Waals surface area contributed by atoms with E-state index in [0.29, 0.717) is 0 Å². The van der Waals surface area contributed by atoms with Crippen molar-refractivity contribution in [1.29, 1.82) is 0 Å². The van der Waals surface area contributed by atoms with Crippen LogP contribution in [0.4, 0.5) is 5.69 Å². The van der Waals surface area contributed by atoms with Gasteiger partial charge in [-0.2, -0.15) is 0 Å². The van der Waals surface area contributed by atoms with E-state index < -0.39 is 0 Å². The number of allylic oxidation sites excluding steroid dienone is 1. The SMILES string of the molecule is C=C1CCc2cc3c(c(N)c21)CCC3.C=CN.CC(C)(C)c1ncc(SN)s1. The van der Waals surface area contributed by atoms with Crippen molar-refractivity contribution in [3.63, 3.8) is 0 Å². The zero-order chi connectivity index (χ0) is 20.9. The monoisotopic (exact) mass is 416 g/mol. The summed E-state index contributed by atoms with van der Waals surface area (Å²) in [6.45, 7) is 13.7. The number of nitrogen functional groups attached to an aromatic ring is 1. The molecule has 0 saturated carbocycles. The molecule has 0 unspecified atom stereocenters. The van der Waals surface area contributed by atoms with Crippen LogP contribution < -0.4 is 16.6 Å². The number of fused-ring (bicyclic) bond motifs is 2. The highest BCUT2D eigenvalue weighted by atomic mass is 32.2. The summed E-state index contributed by atoms with van der Waals surface area (Å²) >= 11 is 2.93. The Morgan fingerprint density at radius 1 is 1.18 bits per heavy atom. The molecule has 0 amide bonds. The largest absolute Gasteiger partial charge is 0.405 e. The molecule has 0 atom stereocenters. The molecule has 0 radical (unpaired) electrons. The summed E-state index contributed by atoms with van der Waals surface area (Å²) in [6.07, 6.45) is 8.99. The number of nitrogens with two attached hydrogens (primary N) is 3. The van der Waals surface area contributed by atoms with Crippen LogP contribution in [0.25, 0.3) is 5.57 Å². The van der Waals surface area contributed by atoms with E-state index in [1.165, 1.54) is 65.2 Å². The third kappa shape index (κ3) is 5.19. The Balaban J connectivity index is 0.000000181. The number of nitrogens with zero attached hydrogens (tertiary/aromatic N) is 1. The molecule has 2 aliphatic carbocycles. The number of aryl methyl sites for hydroxylation is 2. The zero-order valence-corrected chi connectivity index (χ0v) is 18.8. The average molecular weight is 417 g/mol. The van der Waals surface area contributed by atoms with Crippen LogP contribution in [0.2, 0.25) is 0 Å². The third-order valence-corrected chi connectivity index (χ3v) is 6.91. The first-order valence-corrected chi connectivity index (χ1v) is 11.2. The maximum atomic E-state index is 6.22. The molecule has 6 heteroatoms. The molecule has 1 aromatic carbocycles. The van der Waals surface area contributed by atoms with Crippen molar-refractivity contribution in [2.45, 2.75) is 62.5 Å². The minimum atomic E-state index is 0.151. The standard InChI is InChI=1S/C13H15N.C7H12N2S2.C2H5N/c1-8-5-6-10-7-9-3-2-4-11(9)13(14)12(8)10;1-7(2,3)6-9-4-5(10-6)11-8;1-2-3/h7H,1-6,14H2;4H,8H2,1-3H3;2H,1,3H2. The van der Waals surface area contributed by atoms with Gasteiger partial charge < -0.3 is 11.5 Å². The zero-order valence-electron chi connectivity index (χ0n) is 17.2. The van der Waals surface area contributed by atoms with Crippen LogP contribution in [0.3, 0.4) is 0 Å². The van der Waals surface area contributed by atoms with Crippen molar-refractivity contribution in [2.24, 2.45) is 10.9 Å². The van der Waals surface area contributed by atoms with Gasteiger partial charge in [0.2, 0.25) is 0 Å². The Morgan fingerprint density at radius 3 is 2.39 bits per heavy atom. The fraction of sp³-hybridized carbons (Fsp3) is 0.409. The molecule has 0 fully saturated rings. The molecule has 2 aromatic rings. The molecule has 0 bridgehead atoms. The number of hydrogen-bond acceptors (Lipinski definition) is 6. The van der Waals surface area contributed by atoms with E-state index in [2.05, 4.69) is 50.7 Å². The Hall–Kier alpha value is -1.76. The lowest BCUT2D eigenvalue weighted by Gasteiger charge is -2.13. The summed E-state index contributed by atoms with van der Waals surface area (Å²) in [4.78, 5) is 4.28. The molecule has 4 rings (SSSR count). The van der Waals surface area contributed by atoms with Gasteiger partial charge in [0.25, 0.3) is 0 Å². The van der Waals surface area contributed by atoms with Crippen LogP contribution in [0.1, 0.15) is 60.9 Å². The first-order valence-electron chi connectivity index (χ1n) is 9.49. The van der Waals surface area contributed by atoms with Crippen LogP contribution in [0, 0.1) is 0 Å². The highest BCUT2D eigenvalue weighted by Crippen LogP contribution is 2.41. The summed E-state index contributed by atoms with van der Waals surface area (Å²) in [5, 5.41) is 6.54. The number of anilines is 1. The molecular weight excluding hydrogens is 384 g/mol. The number of benzene rings is 1. The second kappa shape index (κ2) is 9.63. The molecule has 0 saturated heterocycles. The van der Waals surface area contributed by atoms with E-state index in [0.717, 1.165) is 27.7 Å². The van der Waals surface area contributed by atoms with Gasteiger partial charge in [-0.15, -0.1) is 11.3 Å². The Bertz CT molecular complexity index is 847. The lowest BCUT2D eigenvalue weighted by Crippen LogP contribution is -2.09. The molecule has 2 aliphatic rings. The first-order chi connectivity index (χ1) is 13.2. The van der Waals surface area contributed by atoms with Crippen LogP contribution in [0.15, 0.2) is 35.8 Å². The van der Waals surface area contributed by atoms with Gasteiger partial charge in [-0.05, 0) is 72.5 Å². The Kier molecular flexibility index (Phi) is 7.75. The quantitative estimate of drug-likeness (QED) is 0.438. The van der Waals surface area contributed by atoms with Crippen molar-refractivity contribution in [3.05, 3.63) is 58.9 Å². The summed E-state index contributed by atoms with van der Waals surface area (Å²) in [5.41, 5.74) is 18.9. The van der Waals surface area contributed by atoms with Crippen LogP contribution >= 0.6 is 23.3 Å². The lowest BCUT2D eigenvalue weighted by molar-refractivity contribution is 0.585. The molecule has 28 heavy (non-hydrogen) atoms. The number of thiazole rings is 1. The molecule has 0 spiro atoms. The maximum Gasteiger partial charge on any atom is 0.0990 e. The van der Waals surface area contributed by atoms with Crippen molar-refractivity contribution in [3.8, 4) is 0 Å². The van der Waals surface area contributed by atoms with Gasteiger partial charge in [-0.25, -0.2) is 4.98 Å². The lowest BCUT2D eigenvalue weighted by atomic mass is 9.98. The second-order valence-corrected chi connectivity index (χ2v) is 9.97. The van der Waals surface area contributed by atoms with E-state index in [4.69, 9.17) is 10.9 Å². The first kappa shape index (κ1) is 22.5. The van der Waals surface area contributed by atoms with E-state index in [1.807, 2.05) is 6.20 Å². The second-order valence-electron chi connectivity index (χ2n) is 8.01. The predicted octanol–water partition coefficient (Wildman–Crippen LogP) is 5.21.